The summed E-state index contributed by atoms with van der Waals surface area (Å²) in [5.74, 6) is 0.903. The van der Waals surface area contributed by atoms with Crippen LogP contribution in [0.2, 0.25) is 0 Å². The molecule has 0 atom stereocenters. The second kappa shape index (κ2) is 10.0. The molecular weight excluding hydrogens is 187 g/mol. The summed E-state index contributed by atoms with van der Waals surface area (Å²) in [5.41, 5.74) is 5.44. The van der Waals surface area contributed by atoms with E-state index in [2.05, 4.69) is 4.99 Å². The van der Waals surface area contributed by atoms with E-state index in [1.807, 2.05) is 13.8 Å². The van der Waals surface area contributed by atoms with Crippen LogP contribution in [0.15, 0.2) is 4.99 Å². The van der Waals surface area contributed by atoms with Crippen LogP contribution in [0.3, 0.4) is 0 Å². The standard InChI is InChI=1S/C6H14N2O.2ClH/c1-5(2)6(7)8-3-4-9;;/h5,9H,3-4H2,1-2H3,(H2,7,8);2*1H/p+1. The normalized spacial score (nSPS) is 10.4. The Balaban J connectivity index is -0.000000107. The fourth-order valence-electron chi connectivity index (χ4n) is 0.362. The average molecular weight is 204 g/mol. The smallest absolute Gasteiger partial charge is 0.394 e. The van der Waals surface area contributed by atoms with Crippen molar-refractivity contribution in [1.29, 1.82) is 0 Å². The molecule has 0 saturated heterocycles. The molecule has 3 N–H and O–H groups in total. The molecule has 0 amide bonds. The summed E-state index contributed by atoms with van der Waals surface area (Å²) in [6, 6.07) is 0. The largest absolute Gasteiger partial charge is 1.00 e. The van der Waals surface area contributed by atoms with Crippen molar-refractivity contribution in [1.82, 2.24) is 0 Å². The van der Waals surface area contributed by atoms with Gasteiger partial charge in [-0.1, -0.05) is 13.8 Å². The lowest BCUT2D eigenvalue weighted by Crippen LogP contribution is -2.19. The van der Waals surface area contributed by atoms with Gasteiger partial charge in [0.2, 0.25) is 0 Å². The van der Waals surface area contributed by atoms with Crippen molar-refractivity contribution in [2.75, 3.05) is 13.2 Å². The van der Waals surface area contributed by atoms with Gasteiger partial charge in [-0.2, -0.15) is 0 Å². The minimum absolute atomic E-state index is 0. The lowest BCUT2D eigenvalue weighted by Gasteiger charge is -2.01. The highest BCUT2D eigenvalue weighted by Crippen LogP contribution is 1.89. The van der Waals surface area contributed by atoms with Crippen molar-refractivity contribution in [3.63, 3.8) is 0 Å². The molecule has 70 valence electrons. The van der Waals surface area contributed by atoms with E-state index in [-0.39, 0.29) is 38.8 Å². The Hall–Kier alpha value is 0.01000. The molecule has 0 heterocycles. The average Bonchev–Trinajstić information content (AvgIpc) is 1.82. The second-order valence-electron chi connectivity index (χ2n) is 2.18. The summed E-state index contributed by atoms with van der Waals surface area (Å²) in [6.07, 6.45) is 0. The molecule has 0 aromatic heterocycles. The first-order valence-electron chi connectivity index (χ1n) is 3.09. The Labute approximate surface area is 81.4 Å². The fraction of sp³-hybridized carbons (Fsp3) is 0.833. The number of hydrogen-bond donors (Lipinski definition) is 2. The van der Waals surface area contributed by atoms with E-state index in [0.29, 0.717) is 12.4 Å². The number of nitrogens with zero attached hydrogens (tertiary/aromatic N) is 1. The monoisotopic (exact) mass is 203 g/mol. The van der Waals surface area contributed by atoms with Gasteiger partial charge in [-0.3, -0.25) is 4.99 Å². The second-order valence-corrected chi connectivity index (χ2v) is 2.18. The van der Waals surface area contributed by atoms with Crippen molar-refractivity contribution < 1.29 is 6.53 Å². The van der Waals surface area contributed by atoms with E-state index in [4.69, 9.17) is 10.8 Å². The molecule has 11 heavy (non-hydrogen) atoms. The molecule has 0 spiro atoms. The Bertz CT molecular complexity index is 112. The quantitative estimate of drug-likeness (QED) is 0.531. The zero-order valence-corrected chi connectivity index (χ0v) is 8.41. The predicted octanol–water partition coefficient (Wildman–Crippen LogP) is 0.948. The summed E-state index contributed by atoms with van der Waals surface area (Å²) in [7, 11) is 0. The Kier molecular flexibility index (Phi) is 15.6. The van der Waals surface area contributed by atoms with Crippen LogP contribution in [0.1, 0.15) is 15.3 Å². The number of hydrogen-bond acceptors (Lipinski definition) is 2. The first-order chi connectivity index (χ1) is 4.18. The molecule has 0 aliphatic carbocycles. The zero-order chi connectivity index (χ0) is 7.28. The maximum Gasteiger partial charge on any atom is 1.00 e. The Morgan fingerprint density at radius 2 is 2.00 bits per heavy atom. The third-order valence-corrected chi connectivity index (χ3v) is 0.986. The van der Waals surface area contributed by atoms with Crippen molar-refractivity contribution in [3.8, 4) is 0 Å². The first-order valence-corrected chi connectivity index (χ1v) is 3.09. The Morgan fingerprint density at radius 3 is 2.27 bits per heavy atom. The number of aliphatic hydroxyl groups is 1. The number of halogens is 2. The fourth-order valence-corrected chi connectivity index (χ4v) is 0.362. The highest BCUT2D eigenvalue weighted by Gasteiger charge is 1.95. The molecule has 0 fully saturated rings. The van der Waals surface area contributed by atoms with Crippen LogP contribution < -0.4 is 5.73 Å². The molecule has 0 saturated carbocycles. The molecule has 3 nitrogen and oxygen atoms in total. The topological polar surface area (TPSA) is 58.6 Å². The third kappa shape index (κ3) is 10.0. The molecule has 0 rings (SSSR count). The van der Waals surface area contributed by atoms with Crippen LogP contribution in [0.25, 0.3) is 0 Å². The number of amidine groups is 1. The highest BCUT2D eigenvalue weighted by atomic mass is 35.5. The van der Waals surface area contributed by atoms with Crippen LogP contribution in [-0.4, -0.2) is 24.1 Å². The SMILES string of the molecule is CC(C)C(N)=NCCO.Cl.Cl.[H+]. The van der Waals surface area contributed by atoms with Crippen LogP contribution in [0, 0.1) is 5.92 Å². The van der Waals surface area contributed by atoms with Gasteiger partial charge in [-0.05, 0) is 0 Å². The van der Waals surface area contributed by atoms with E-state index in [9.17, 15) is 0 Å². The molecule has 0 unspecified atom stereocenters. The minimum atomic E-state index is 0. The predicted molar refractivity (Wildman–Crippen MR) is 54.0 cm³/mol. The summed E-state index contributed by atoms with van der Waals surface area (Å²) in [6.45, 7) is 4.43. The van der Waals surface area contributed by atoms with Gasteiger partial charge in [0.15, 0.2) is 0 Å². The van der Waals surface area contributed by atoms with E-state index in [0.717, 1.165) is 0 Å². The minimum Gasteiger partial charge on any atom is -0.394 e. The Morgan fingerprint density at radius 1 is 1.55 bits per heavy atom. The molecule has 0 radical (unpaired) electrons. The maximum atomic E-state index is 8.33. The number of rotatable bonds is 3. The van der Waals surface area contributed by atoms with E-state index >= 15 is 0 Å². The van der Waals surface area contributed by atoms with Crippen LogP contribution in [0.5, 0.6) is 0 Å². The summed E-state index contributed by atoms with van der Waals surface area (Å²) >= 11 is 0. The van der Waals surface area contributed by atoms with Gasteiger partial charge < -0.3 is 10.8 Å². The van der Waals surface area contributed by atoms with Gasteiger partial charge in [0, 0.05) is 5.92 Å². The van der Waals surface area contributed by atoms with Crippen molar-refractivity contribution in [2.45, 2.75) is 13.8 Å². The van der Waals surface area contributed by atoms with Crippen LogP contribution >= 0.6 is 24.8 Å². The van der Waals surface area contributed by atoms with Gasteiger partial charge in [0.1, 0.15) is 0 Å². The number of nitrogens with two attached hydrogens (primary N) is 1. The molecule has 5 heteroatoms. The van der Waals surface area contributed by atoms with Gasteiger partial charge in [0.05, 0.1) is 19.0 Å². The van der Waals surface area contributed by atoms with Gasteiger partial charge >= 0.3 is 1.43 Å². The van der Waals surface area contributed by atoms with Gasteiger partial charge in [-0.15, -0.1) is 24.8 Å². The van der Waals surface area contributed by atoms with E-state index in [1.165, 1.54) is 0 Å². The van der Waals surface area contributed by atoms with Crippen molar-refractivity contribution in [3.05, 3.63) is 0 Å². The summed E-state index contributed by atoms with van der Waals surface area (Å²) in [4.78, 5) is 3.89. The van der Waals surface area contributed by atoms with Crippen molar-refractivity contribution in [2.24, 2.45) is 16.6 Å². The molecule has 0 bridgehead atoms. The van der Waals surface area contributed by atoms with Gasteiger partial charge in [-0.25, -0.2) is 0 Å². The summed E-state index contributed by atoms with van der Waals surface area (Å²) < 4.78 is 0. The summed E-state index contributed by atoms with van der Waals surface area (Å²) in [5, 5.41) is 8.33. The third-order valence-electron chi connectivity index (χ3n) is 0.986. The lowest BCUT2D eigenvalue weighted by atomic mass is 10.2. The molecule has 0 aromatic carbocycles. The highest BCUT2D eigenvalue weighted by molar-refractivity contribution is 5.85. The van der Waals surface area contributed by atoms with Crippen LogP contribution in [0.4, 0.5) is 0 Å². The van der Waals surface area contributed by atoms with E-state index in [1.54, 1.807) is 0 Å². The van der Waals surface area contributed by atoms with E-state index < -0.39 is 0 Å². The first kappa shape index (κ1) is 17.2. The molecule has 0 aliphatic heterocycles. The lowest BCUT2D eigenvalue weighted by molar-refractivity contribution is 0.306. The number of aliphatic hydroxyl groups excluding tert-OH is 1. The zero-order valence-electron chi connectivity index (χ0n) is 7.78. The van der Waals surface area contributed by atoms with Gasteiger partial charge in [0.25, 0.3) is 0 Å². The van der Waals surface area contributed by atoms with Crippen molar-refractivity contribution >= 4 is 30.6 Å². The molecule has 0 aromatic rings. The maximum absolute atomic E-state index is 8.33. The molecule has 0 aliphatic rings. The van der Waals surface area contributed by atoms with Crippen LogP contribution in [-0.2, 0) is 0 Å². The number of aliphatic imine (C=N–C) groups is 1. The molecular formula is C6H17Cl2N2O+.